The van der Waals surface area contributed by atoms with Crippen LogP contribution in [0.5, 0.6) is 0 Å². The SMILES string of the molecule is CN(C(=O)C1(c2ccccc2)CC1)[C@@H]1CCCC[C@@H]1N1CCCC1. The molecule has 3 nitrogen and oxygen atoms in total. The minimum atomic E-state index is -0.219. The molecule has 1 aliphatic heterocycles. The summed E-state index contributed by atoms with van der Waals surface area (Å²) < 4.78 is 0. The molecule has 3 fully saturated rings. The van der Waals surface area contributed by atoms with Gasteiger partial charge in [-0.05, 0) is 57.2 Å². The van der Waals surface area contributed by atoms with Crippen LogP contribution in [-0.2, 0) is 10.2 Å². The van der Waals surface area contributed by atoms with Crippen LogP contribution in [0.4, 0.5) is 0 Å². The molecule has 3 aliphatic rings. The number of amides is 1. The minimum absolute atomic E-state index is 0.219. The highest BCUT2D eigenvalue weighted by Crippen LogP contribution is 2.50. The number of hydrogen-bond donors (Lipinski definition) is 0. The van der Waals surface area contributed by atoms with Crippen molar-refractivity contribution in [1.82, 2.24) is 9.80 Å². The first kappa shape index (κ1) is 16.1. The third kappa shape index (κ3) is 2.77. The monoisotopic (exact) mass is 326 g/mol. The molecule has 24 heavy (non-hydrogen) atoms. The highest BCUT2D eigenvalue weighted by Gasteiger charge is 2.53. The van der Waals surface area contributed by atoms with Gasteiger partial charge in [0.2, 0.25) is 5.91 Å². The molecule has 0 radical (unpaired) electrons. The molecule has 2 atom stereocenters. The van der Waals surface area contributed by atoms with Crippen molar-refractivity contribution in [1.29, 1.82) is 0 Å². The number of benzene rings is 1. The second-order valence-electron chi connectivity index (χ2n) is 8.03. The van der Waals surface area contributed by atoms with Crippen molar-refractivity contribution in [3.63, 3.8) is 0 Å². The summed E-state index contributed by atoms with van der Waals surface area (Å²) in [5, 5.41) is 0. The third-order valence-corrected chi connectivity index (χ3v) is 6.61. The van der Waals surface area contributed by atoms with E-state index in [1.54, 1.807) is 0 Å². The lowest BCUT2D eigenvalue weighted by Gasteiger charge is -2.43. The molecule has 1 saturated heterocycles. The van der Waals surface area contributed by atoms with Crippen molar-refractivity contribution in [2.75, 3.05) is 20.1 Å². The van der Waals surface area contributed by atoms with E-state index in [4.69, 9.17) is 0 Å². The molecule has 0 spiro atoms. The predicted octanol–water partition coefficient (Wildman–Crippen LogP) is 3.58. The van der Waals surface area contributed by atoms with Crippen LogP contribution >= 0.6 is 0 Å². The molecule has 0 N–H and O–H groups in total. The second kappa shape index (κ2) is 6.51. The van der Waals surface area contributed by atoms with Gasteiger partial charge >= 0.3 is 0 Å². The van der Waals surface area contributed by atoms with Crippen LogP contribution < -0.4 is 0 Å². The standard InChI is InChI=1S/C21H30N2O/c1-22(18-11-5-6-12-19(18)23-15-7-8-16-23)20(24)21(13-14-21)17-9-3-2-4-10-17/h2-4,9-10,18-19H,5-8,11-16H2,1H3/t18-,19+/m1/s1. The Kier molecular flexibility index (Phi) is 4.38. The maximum absolute atomic E-state index is 13.4. The van der Waals surface area contributed by atoms with Gasteiger partial charge in [0.1, 0.15) is 0 Å². The maximum atomic E-state index is 13.4. The Hall–Kier alpha value is -1.35. The molecule has 130 valence electrons. The van der Waals surface area contributed by atoms with Crippen molar-refractivity contribution in [2.45, 2.75) is 68.9 Å². The van der Waals surface area contributed by atoms with Gasteiger partial charge in [-0.1, -0.05) is 43.2 Å². The summed E-state index contributed by atoms with van der Waals surface area (Å²) in [6.45, 7) is 2.46. The summed E-state index contributed by atoms with van der Waals surface area (Å²) in [4.78, 5) is 18.2. The van der Waals surface area contributed by atoms with E-state index in [1.165, 1.54) is 57.2 Å². The zero-order valence-electron chi connectivity index (χ0n) is 14.9. The summed E-state index contributed by atoms with van der Waals surface area (Å²) in [5.41, 5.74) is 0.999. The van der Waals surface area contributed by atoms with Gasteiger partial charge in [-0.3, -0.25) is 9.69 Å². The molecule has 0 bridgehead atoms. The van der Waals surface area contributed by atoms with Crippen molar-refractivity contribution < 1.29 is 4.79 Å². The molecule has 0 unspecified atom stereocenters. The number of likely N-dealkylation sites (tertiary alicyclic amines) is 1. The van der Waals surface area contributed by atoms with Crippen molar-refractivity contribution >= 4 is 5.91 Å². The number of rotatable bonds is 4. The highest BCUT2D eigenvalue weighted by atomic mass is 16.2. The van der Waals surface area contributed by atoms with Gasteiger partial charge in [-0.25, -0.2) is 0 Å². The average Bonchev–Trinajstić information content (AvgIpc) is 3.28. The smallest absolute Gasteiger partial charge is 0.233 e. The Morgan fingerprint density at radius 1 is 1.04 bits per heavy atom. The van der Waals surface area contributed by atoms with Gasteiger partial charge in [0.25, 0.3) is 0 Å². The summed E-state index contributed by atoms with van der Waals surface area (Å²) in [5.74, 6) is 0.366. The van der Waals surface area contributed by atoms with E-state index in [-0.39, 0.29) is 5.41 Å². The Balaban J connectivity index is 1.53. The lowest BCUT2D eigenvalue weighted by Crippen LogP contribution is -2.55. The molecule has 1 aromatic carbocycles. The lowest BCUT2D eigenvalue weighted by atomic mass is 9.86. The van der Waals surface area contributed by atoms with E-state index in [0.29, 0.717) is 18.0 Å². The van der Waals surface area contributed by atoms with E-state index in [0.717, 1.165) is 12.8 Å². The van der Waals surface area contributed by atoms with Gasteiger partial charge in [0.05, 0.1) is 5.41 Å². The van der Waals surface area contributed by atoms with Crippen LogP contribution in [0.2, 0.25) is 0 Å². The summed E-state index contributed by atoms with van der Waals surface area (Å²) in [7, 11) is 2.07. The van der Waals surface area contributed by atoms with E-state index in [1.807, 2.05) is 6.07 Å². The quantitative estimate of drug-likeness (QED) is 0.844. The van der Waals surface area contributed by atoms with Crippen molar-refractivity contribution in [3.8, 4) is 0 Å². The summed E-state index contributed by atoms with van der Waals surface area (Å²) in [6, 6.07) is 11.4. The van der Waals surface area contributed by atoms with Gasteiger partial charge in [0.15, 0.2) is 0 Å². The largest absolute Gasteiger partial charge is 0.340 e. The number of likely N-dealkylation sites (N-methyl/N-ethyl adjacent to an activating group) is 1. The maximum Gasteiger partial charge on any atom is 0.233 e. The molecule has 2 saturated carbocycles. The summed E-state index contributed by atoms with van der Waals surface area (Å²) in [6.07, 6.45) is 9.72. The van der Waals surface area contributed by atoms with Gasteiger partial charge in [0, 0.05) is 19.1 Å². The molecule has 1 heterocycles. The average molecular weight is 326 g/mol. The van der Waals surface area contributed by atoms with Crippen molar-refractivity contribution in [2.24, 2.45) is 0 Å². The normalized spacial score (nSPS) is 29.4. The second-order valence-corrected chi connectivity index (χ2v) is 8.03. The van der Waals surface area contributed by atoms with Crippen LogP contribution in [0.25, 0.3) is 0 Å². The van der Waals surface area contributed by atoms with Gasteiger partial charge in [-0.15, -0.1) is 0 Å². The Morgan fingerprint density at radius 3 is 2.38 bits per heavy atom. The zero-order chi connectivity index (χ0) is 16.6. The number of carbonyl (C=O) groups excluding carboxylic acids is 1. The zero-order valence-corrected chi connectivity index (χ0v) is 14.9. The number of hydrogen-bond acceptors (Lipinski definition) is 2. The predicted molar refractivity (Wildman–Crippen MR) is 97.0 cm³/mol. The minimum Gasteiger partial charge on any atom is -0.340 e. The third-order valence-electron chi connectivity index (χ3n) is 6.61. The Bertz CT molecular complexity index is 575. The Morgan fingerprint density at radius 2 is 1.71 bits per heavy atom. The molecule has 1 amide bonds. The molecule has 0 aromatic heterocycles. The fourth-order valence-electron chi connectivity index (χ4n) is 5.04. The first-order valence-corrected chi connectivity index (χ1v) is 9.79. The van der Waals surface area contributed by atoms with Crippen LogP contribution in [-0.4, -0.2) is 47.9 Å². The molecular formula is C21H30N2O. The van der Waals surface area contributed by atoms with Gasteiger partial charge < -0.3 is 4.90 Å². The molecule has 4 rings (SSSR count). The van der Waals surface area contributed by atoms with E-state index in [9.17, 15) is 4.79 Å². The summed E-state index contributed by atoms with van der Waals surface area (Å²) >= 11 is 0. The van der Waals surface area contributed by atoms with Crippen molar-refractivity contribution in [3.05, 3.63) is 35.9 Å². The fourth-order valence-corrected chi connectivity index (χ4v) is 5.04. The lowest BCUT2D eigenvalue weighted by molar-refractivity contribution is -0.137. The number of nitrogens with zero attached hydrogens (tertiary/aromatic N) is 2. The number of carbonyl (C=O) groups is 1. The first-order chi connectivity index (χ1) is 11.7. The Labute approximate surface area is 146 Å². The highest BCUT2D eigenvalue weighted by molar-refractivity contribution is 5.91. The molecule has 2 aliphatic carbocycles. The van der Waals surface area contributed by atoms with E-state index < -0.39 is 0 Å². The van der Waals surface area contributed by atoms with Gasteiger partial charge in [-0.2, -0.15) is 0 Å². The molecular weight excluding hydrogens is 296 g/mol. The topological polar surface area (TPSA) is 23.6 Å². The van der Waals surface area contributed by atoms with E-state index >= 15 is 0 Å². The van der Waals surface area contributed by atoms with Crippen LogP contribution in [0.3, 0.4) is 0 Å². The van der Waals surface area contributed by atoms with Crippen LogP contribution in [0.15, 0.2) is 30.3 Å². The van der Waals surface area contributed by atoms with Crippen LogP contribution in [0.1, 0.15) is 56.9 Å². The fraction of sp³-hybridized carbons (Fsp3) is 0.667. The van der Waals surface area contributed by atoms with Crippen LogP contribution in [0, 0.1) is 0 Å². The van der Waals surface area contributed by atoms with E-state index in [2.05, 4.69) is 41.1 Å². The molecule has 3 heteroatoms. The first-order valence-electron chi connectivity index (χ1n) is 9.79. The molecule has 1 aromatic rings.